The normalized spacial score (nSPS) is 13.4. The van der Waals surface area contributed by atoms with Crippen molar-refractivity contribution >= 4 is 27.5 Å². The largest absolute Gasteiger partial charge is 0.494 e. The molecule has 1 aliphatic rings. The first-order valence-electron chi connectivity index (χ1n) is 12.7. The number of amides is 2. The molecule has 1 heterocycles. The predicted octanol–water partition coefficient (Wildman–Crippen LogP) is 4.03. The summed E-state index contributed by atoms with van der Waals surface area (Å²) in [5, 5.41) is 2.84. The van der Waals surface area contributed by atoms with Crippen LogP contribution in [0.2, 0.25) is 0 Å². The number of hydrogen-bond donors (Lipinski definition) is 1. The van der Waals surface area contributed by atoms with Gasteiger partial charge in [-0.05, 0) is 67.8 Å². The lowest BCUT2D eigenvalue weighted by Crippen LogP contribution is -2.40. The Bertz CT molecular complexity index is 1370. The molecule has 2 amide bonds. The molecule has 3 aromatic rings. The van der Waals surface area contributed by atoms with Crippen LogP contribution in [0.3, 0.4) is 0 Å². The minimum absolute atomic E-state index is 0.106. The molecule has 4 rings (SSSR count). The molecule has 200 valence electrons. The summed E-state index contributed by atoms with van der Waals surface area (Å²) < 4.78 is 33.8. The highest BCUT2D eigenvalue weighted by molar-refractivity contribution is 7.92. The second-order valence-corrected chi connectivity index (χ2v) is 11.1. The Hall–Kier alpha value is -3.85. The molecule has 1 saturated heterocycles. The minimum atomic E-state index is -4.01. The van der Waals surface area contributed by atoms with Gasteiger partial charge in [-0.15, -0.1) is 0 Å². The summed E-state index contributed by atoms with van der Waals surface area (Å²) in [6.07, 6.45) is 1.47. The van der Waals surface area contributed by atoms with Gasteiger partial charge in [-0.3, -0.25) is 13.9 Å². The van der Waals surface area contributed by atoms with E-state index in [1.54, 1.807) is 48.5 Å². The average molecular weight is 536 g/mol. The Morgan fingerprint density at radius 2 is 1.74 bits per heavy atom. The Morgan fingerprint density at radius 1 is 1.03 bits per heavy atom. The first-order valence-corrected chi connectivity index (χ1v) is 14.1. The molecule has 1 aliphatic heterocycles. The van der Waals surface area contributed by atoms with Crippen LogP contribution in [-0.4, -0.2) is 44.8 Å². The summed E-state index contributed by atoms with van der Waals surface area (Å²) >= 11 is 0. The van der Waals surface area contributed by atoms with Crippen LogP contribution in [0.1, 0.15) is 36.5 Å². The van der Waals surface area contributed by atoms with E-state index in [0.29, 0.717) is 31.0 Å². The third kappa shape index (κ3) is 6.72. The smallest absolute Gasteiger partial charge is 0.264 e. The zero-order valence-corrected chi connectivity index (χ0v) is 22.5. The van der Waals surface area contributed by atoms with Gasteiger partial charge in [0.15, 0.2) is 0 Å². The van der Waals surface area contributed by atoms with Gasteiger partial charge in [0.1, 0.15) is 12.3 Å². The number of anilines is 1. The molecule has 0 saturated carbocycles. The molecule has 0 unspecified atom stereocenters. The van der Waals surface area contributed by atoms with Crippen molar-refractivity contribution in [3.05, 3.63) is 89.5 Å². The van der Waals surface area contributed by atoms with Crippen LogP contribution < -0.4 is 14.4 Å². The molecule has 38 heavy (non-hydrogen) atoms. The maximum atomic E-state index is 13.6. The first kappa shape index (κ1) is 27.2. The number of aryl methyl sites for hydroxylation is 1. The lowest BCUT2D eigenvalue weighted by Gasteiger charge is -2.24. The molecule has 0 aromatic heterocycles. The van der Waals surface area contributed by atoms with E-state index < -0.39 is 15.9 Å². The van der Waals surface area contributed by atoms with E-state index in [-0.39, 0.29) is 23.9 Å². The molecule has 0 spiro atoms. The molecule has 1 fully saturated rings. The molecule has 9 heteroatoms. The van der Waals surface area contributed by atoms with E-state index in [1.165, 1.54) is 0 Å². The first-order chi connectivity index (χ1) is 18.3. The fourth-order valence-electron chi connectivity index (χ4n) is 4.34. The van der Waals surface area contributed by atoms with Gasteiger partial charge in [0.25, 0.3) is 10.0 Å². The van der Waals surface area contributed by atoms with E-state index in [4.69, 9.17) is 4.74 Å². The summed E-state index contributed by atoms with van der Waals surface area (Å²) in [4.78, 5) is 26.9. The van der Waals surface area contributed by atoms with Crippen LogP contribution in [0.25, 0.3) is 0 Å². The van der Waals surface area contributed by atoms with Crippen LogP contribution in [0.15, 0.2) is 77.7 Å². The summed E-state index contributed by atoms with van der Waals surface area (Å²) in [5.74, 6) is 0.339. The molecule has 0 radical (unpaired) electrons. The van der Waals surface area contributed by atoms with Crippen molar-refractivity contribution in [2.24, 2.45) is 0 Å². The maximum Gasteiger partial charge on any atom is 0.264 e. The van der Waals surface area contributed by atoms with Gasteiger partial charge in [0.2, 0.25) is 11.8 Å². The predicted molar refractivity (Wildman–Crippen MR) is 146 cm³/mol. The molecule has 3 aromatic carbocycles. The van der Waals surface area contributed by atoms with Crippen molar-refractivity contribution < 1.29 is 22.7 Å². The molecular weight excluding hydrogens is 502 g/mol. The second kappa shape index (κ2) is 12.1. The van der Waals surface area contributed by atoms with Crippen LogP contribution in [0, 0.1) is 6.92 Å². The summed E-state index contributed by atoms with van der Waals surface area (Å²) in [6.45, 7) is 5.40. The highest BCUT2D eigenvalue weighted by Gasteiger charge is 2.27. The topological polar surface area (TPSA) is 96.0 Å². The maximum absolute atomic E-state index is 13.6. The van der Waals surface area contributed by atoms with Gasteiger partial charge in [-0.25, -0.2) is 8.42 Å². The molecule has 0 atom stereocenters. The average Bonchev–Trinajstić information content (AvgIpc) is 3.31. The summed E-state index contributed by atoms with van der Waals surface area (Å²) in [7, 11) is -4.01. The molecule has 8 nitrogen and oxygen atoms in total. The second-order valence-electron chi connectivity index (χ2n) is 9.27. The number of sulfonamides is 1. The van der Waals surface area contributed by atoms with Gasteiger partial charge in [-0.2, -0.15) is 0 Å². The zero-order valence-electron chi connectivity index (χ0n) is 21.7. The SMILES string of the molecule is CCOc1ccc(N(CC(=O)NCc2cccc(CN3CCCC3=O)c2)S(=O)(=O)c2ccc(C)cc2)cc1. The molecule has 1 N–H and O–H groups in total. The number of rotatable bonds is 11. The van der Waals surface area contributed by atoms with E-state index in [0.717, 1.165) is 34.0 Å². The third-order valence-electron chi connectivity index (χ3n) is 6.36. The summed E-state index contributed by atoms with van der Waals surface area (Å²) in [5.41, 5.74) is 3.16. The van der Waals surface area contributed by atoms with E-state index in [2.05, 4.69) is 5.32 Å². The fourth-order valence-corrected chi connectivity index (χ4v) is 5.77. The quantitative estimate of drug-likeness (QED) is 0.400. The van der Waals surface area contributed by atoms with Gasteiger partial charge >= 0.3 is 0 Å². The van der Waals surface area contributed by atoms with Gasteiger partial charge in [0, 0.05) is 26.1 Å². The van der Waals surface area contributed by atoms with Crippen molar-refractivity contribution in [1.29, 1.82) is 0 Å². The Morgan fingerprint density at radius 3 is 2.39 bits per heavy atom. The standard InChI is InChI=1S/C29H33N3O5S/c1-3-37-26-13-11-25(12-14-26)32(38(35,36)27-15-9-22(2)10-16-27)21-28(33)30-19-23-6-4-7-24(18-23)20-31-17-5-8-29(31)34/h4,6-7,9-16,18H,3,5,8,17,19-21H2,1-2H3,(H,30,33). The van der Waals surface area contributed by atoms with Gasteiger partial charge < -0.3 is 15.0 Å². The number of carbonyl (C=O) groups is 2. The Kier molecular flexibility index (Phi) is 8.68. The van der Waals surface area contributed by atoms with E-state index in [1.807, 2.05) is 43.0 Å². The van der Waals surface area contributed by atoms with Crippen LogP contribution in [0.5, 0.6) is 5.75 Å². The zero-order chi connectivity index (χ0) is 27.1. The number of hydrogen-bond acceptors (Lipinski definition) is 5. The monoisotopic (exact) mass is 535 g/mol. The fraction of sp³-hybridized carbons (Fsp3) is 0.310. The molecule has 0 aliphatic carbocycles. The van der Waals surface area contributed by atoms with Crippen molar-refractivity contribution in [3.8, 4) is 5.75 Å². The Labute approximate surface area is 224 Å². The number of nitrogens with zero attached hydrogens (tertiary/aromatic N) is 2. The van der Waals surface area contributed by atoms with Crippen molar-refractivity contribution in [2.75, 3.05) is 24.0 Å². The third-order valence-corrected chi connectivity index (χ3v) is 8.15. The lowest BCUT2D eigenvalue weighted by molar-refractivity contribution is -0.128. The highest BCUT2D eigenvalue weighted by atomic mass is 32.2. The van der Waals surface area contributed by atoms with Crippen LogP contribution in [0.4, 0.5) is 5.69 Å². The number of benzene rings is 3. The minimum Gasteiger partial charge on any atom is -0.494 e. The van der Waals surface area contributed by atoms with E-state index >= 15 is 0 Å². The summed E-state index contributed by atoms with van der Waals surface area (Å²) in [6, 6.07) is 20.9. The van der Waals surface area contributed by atoms with Crippen LogP contribution >= 0.6 is 0 Å². The highest BCUT2D eigenvalue weighted by Crippen LogP contribution is 2.26. The Balaban J connectivity index is 1.49. The number of nitrogens with one attached hydrogen (secondary N) is 1. The van der Waals surface area contributed by atoms with Gasteiger partial charge in [-0.1, -0.05) is 42.0 Å². The molecule has 0 bridgehead atoms. The van der Waals surface area contributed by atoms with Crippen molar-refractivity contribution in [1.82, 2.24) is 10.2 Å². The van der Waals surface area contributed by atoms with Crippen molar-refractivity contribution in [3.63, 3.8) is 0 Å². The van der Waals surface area contributed by atoms with Crippen LogP contribution in [-0.2, 0) is 32.7 Å². The number of likely N-dealkylation sites (tertiary alicyclic amines) is 1. The number of carbonyl (C=O) groups excluding carboxylic acids is 2. The lowest BCUT2D eigenvalue weighted by atomic mass is 10.1. The van der Waals surface area contributed by atoms with Crippen molar-refractivity contribution in [2.45, 2.75) is 44.7 Å². The van der Waals surface area contributed by atoms with E-state index in [9.17, 15) is 18.0 Å². The molecular formula is C29H33N3O5S. The van der Waals surface area contributed by atoms with Gasteiger partial charge in [0.05, 0.1) is 17.2 Å². The number of ether oxygens (including phenoxy) is 1.